The number of carbonyl (C=O) groups is 1. The van der Waals surface area contributed by atoms with E-state index in [0.29, 0.717) is 12.0 Å². The minimum atomic E-state index is 0.0927. The van der Waals surface area contributed by atoms with E-state index in [4.69, 9.17) is 0 Å². The maximum absolute atomic E-state index is 12.1. The first kappa shape index (κ1) is 13.3. The summed E-state index contributed by atoms with van der Waals surface area (Å²) in [5, 5.41) is 5.13. The van der Waals surface area contributed by atoms with Crippen LogP contribution in [0.4, 0.5) is 0 Å². The van der Waals surface area contributed by atoms with Gasteiger partial charge in [-0.25, -0.2) is 0 Å². The van der Waals surface area contributed by atoms with Crippen LogP contribution in [0, 0.1) is 14.7 Å². The van der Waals surface area contributed by atoms with Crippen molar-refractivity contribution in [1.82, 2.24) is 5.32 Å². The van der Waals surface area contributed by atoms with Crippen molar-refractivity contribution in [3.63, 3.8) is 0 Å². The maximum Gasteiger partial charge on any atom is 0.252 e. The summed E-state index contributed by atoms with van der Waals surface area (Å²) < 4.78 is 1.16. The van der Waals surface area contributed by atoms with Gasteiger partial charge in [-0.1, -0.05) is 26.7 Å². The Balaban J connectivity index is 1.98. The Morgan fingerprint density at radius 2 is 2.24 bits per heavy atom. The third-order valence-electron chi connectivity index (χ3n) is 3.85. The molecular formula is C13H18INOS. The highest BCUT2D eigenvalue weighted by molar-refractivity contribution is 14.1. The Morgan fingerprint density at radius 3 is 2.88 bits per heavy atom. The largest absolute Gasteiger partial charge is 0.349 e. The zero-order chi connectivity index (χ0) is 12.4. The highest BCUT2D eigenvalue weighted by atomic mass is 127. The molecule has 3 atom stereocenters. The van der Waals surface area contributed by atoms with Gasteiger partial charge in [-0.2, -0.15) is 0 Å². The summed E-state index contributed by atoms with van der Waals surface area (Å²) in [5.74, 6) is 1.40. The molecule has 1 amide bonds. The fourth-order valence-corrected chi connectivity index (χ4v) is 3.79. The molecule has 2 rings (SSSR count). The van der Waals surface area contributed by atoms with Gasteiger partial charge in [0.15, 0.2) is 0 Å². The molecule has 0 saturated heterocycles. The molecule has 0 bridgehead atoms. The normalized spacial score (nSPS) is 29.0. The molecule has 0 spiro atoms. The van der Waals surface area contributed by atoms with E-state index in [1.165, 1.54) is 12.8 Å². The summed E-state index contributed by atoms with van der Waals surface area (Å²) in [4.78, 5) is 12.1. The number of thiophene rings is 1. The van der Waals surface area contributed by atoms with Gasteiger partial charge in [0, 0.05) is 11.4 Å². The van der Waals surface area contributed by atoms with E-state index in [1.54, 1.807) is 11.3 Å². The van der Waals surface area contributed by atoms with Crippen LogP contribution in [-0.4, -0.2) is 11.9 Å². The quantitative estimate of drug-likeness (QED) is 0.794. The van der Waals surface area contributed by atoms with Crippen molar-refractivity contribution < 1.29 is 4.79 Å². The van der Waals surface area contributed by atoms with Crippen molar-refractivity contribution >= 4 is 39.8 Å². The first-order chi connectivity index (χ1) is 8.08. The summed E-state index contributed by atoms with van der Waals surface area (Å²) in [6.45, 7) is 4.54. The van der Waals surface area contributed by atoms with Gasteiger partial charge in [-0.05, 0) is 46.9 Å². The maximum atomic E-state index is 12.1. The van der Waals surface area contributed by atoms with Gasteiger partial charge < -0.3 is 5.32 Å². The van der Waals surface area contributed by atoms with Gasteiger partial charge in [0.1, 0.15) is 0 Å². The minimum absolute atomic E-state index is 0.0927. The first-order valence-corrected chi connectivity index (χ1v) is 8.08. The molecule has 1 aliphatic rings. The fraction of sp³-hybridized carbons (Fsp3) is 0.615. The molecule has 1 aliphatic carbocycles. The van der Waals surface area contributed by atoms with Gasteiger partial charge in [-0.15, -0.1) is 11.3 Å². The molecule has 1 aromatic rings. The van der Waals surface area contributed by atoms with Crippen molar-refractivity contribution in [1.29, 1.82) is 0 Å². The predicted octanol–water partition coefficient (Wildman–Crippen LogP) is 3.91. The summed E-state index contributed by atoms with van der Waals surface area (Å²) in [7, 11) is 0. The lowest BCUT2D eigenvalue weighted by Crippen LogP contribution is -2.43. The van der Waals surface area contributed by atoms with E-state index < -0.39 is 0 Å². The van der Waals surface area contributed by atoms with Crippen LogP contribution in [-0.2, 0) is 0 Å². The third-order valence-corrected chi connectivity index (χ3v) is 5.64. The second kappa shape index (κ2) is 5.69. The topological polar surface area (TPSA) is 29.1 Å². The van der Waals surface area contributed by atoms with Crippen molar-refractivity contribution in [2.45, 2.75) is 39.2 Å². The van der Waals surface area contributed by atoms with Gasteiger partial charge in [0.25, 0.3) is 5.91 Å². The van der Waals surface area contributed by atoms with Crippen LogP contribution in [0.5, 0.6) is 0 Å². The van der Waals surface area contributed by atoms with E-state index in [1.807, 2.05) is 11.4 Å². The van der Waals surface area contributed by atoms with Gasteiger partial charge in [0.05, 0.1) is 8.45 Å². The summed E-state index contributed by atoms with van der Waals surface area (Å²) in [6.07, 6.45) is 3.65. The molecule has 1 fully saturated rings. The number of nitrogens with one attached hydrogen (secondary N) is 1. The Morgan fingerprint density at radius 1 is 1.47 bits per heavy atom. The molecule has 3 unspecified atom stereocenters. The monoisotopic (exact) mass is 363 g/mol. The molecule has 17 heavy (non-hydrogen) atoms. The molecule has 0 aromatic carbocycles. The molecular weight excluding hydrogens is 345 g/mol. The van der Waals surface area contributed by atoms with Crippen molar-refractivity contribution in [2.24, 2.45) is 11.8 Å². The fourth-order valence-electron chi connectivity index (χ4n) is 2.47. The number of amides is 1. The van der Waals surface area contributed by atoms with Crippen LogP contribution in [0.1, 0.15) is 43.5 Å². The second-order valence-corrected chi connectivity index (χ2v) is 7.79. The number of hydrogen-bond acceptors (Lipinski definition) is 2. The van der Waals surface area contributed by atoms with Gasteiger partial charge >= 0.3 is 0 Å². The number of halogens is 1. The number of carbonyl (C=O) groups excluding carboxylic acids is 1. The average molecular weight is 363 g/mol. The average Bonchev–Trinajstić information content (AvgIpc) is 2.72. The zero-order valence-corrected chi connectivity index (χ0v) is 13.2. The van der Waals surface area contributed by atoms with Crippen LogP contribution in [0.25, 0.3) is 0 Å². The van der Waals surface area contributed by atoms with E-state index in [9.17, 15) is 4.79 Å². The zero-order valence-electron chi connectivity index (χ0n) is 10.2. The Bertz CT molecular complexity index is 404. The Hall–Kier alpha value is -0.100. The molecule has 1 aromatic heterocycles. The molecule has 1 saturated carbocycles. The highest BCUT2D eigenvalue weighted by Crippen LogP contribution is 2.29. The SMILES string of the molecule is CC1CCCC(NC(=O)c2csc(I)c2)C1C. The lowest BCUT2D eigenvalue weighted by Gasteiger charge is -2.34. The molecule has 1 N–H and O–H groups in total. The summed E-state index contributed by atoms with van der Waals surface area (Å²) in [5.41, 5.74) is 0.810. The first-order valence-electron chi connectivity index (χ1n) is 6.13. The number of hydrogen-bond donors (Lipinski definition) is 1. The van der Waals surface area contributed by atoms with Crippen LogP contribution in [0.2, 0.25) is 0 Å². The van der Waals surface area contributed by atoms with E-state index >= 15 is 0 Å². The molecule has 1 heterocycles. The van der Waals surface area contributed by atoms with Crippen LogP contribution < -0.4 is 5.32 Å². The van der Waals surface area contributed by atoms with Crippen LogP contribution in [0.3, 0.4) is 0 Å². The molecule has 4 heteroatoms. The van der Waals surface area contributed by atoms with Crippen molar-refractivity contribution in [3.05, 3.63) is 19.9 Å². The molecule has 0 radical (unpaired) electrons. The van der Waals surface area contributed by atoms with E-state index in [2.05, 4.69) is 41.8 Å². The van der Waals surface area contributed by atoms with Crippen LogP contribution >= 0.6 is 33.9 Å². The molecule has 0 aliphatic heterocycles. The molecule has 2 nitrogen and oxygen atoms in total. The summed E-state index contributed by atoms with van der Waals surface area (Å²) in [6, 6.07) is 2.31. The predicted molar refractivity (Wildman–Crippen MR) is 80.5 cm³/mol. The lowest BCUT2D eigenvalue weighted by atomic mass is 9.78. The lowest BCUT2D eigenvalue weighted by molar-refractivity contribution is 0.0891. The highest BCUT2D eigenvalue weighted by Gasteiger charge is 2.28. The van der Waals surface area contributed by atoms with Crippen molar-refractivity contribution in [2.75, 3.05) is 0 Å². The van der Waals surface area contributed by atoms with Crippen LogP contribution in [0.15, 0.2) is 11.4 Å². The standard InChI is InChI=1S/C13H18INOS/c1-8-4-3-5-11(9(8)2)15-13(16)10-6-12(14)17-7-10/h6-9,11H,3-5H2,1-2H3,(H,15,16). The van der Waals surface area contributed by atoms with Gasteiger partial charge in [-0.3, -0.25) is 4.79 Å². The molecule has 94 valence electrons. The van der Waals surface area contributed by atoms with Crippen molar-refractivity contribution in [3.8, 4) is 0 Å². The van der Waals surface area contributed by atoms with E-state index in [0.717, 1.165) is 20.8 Å². The summed E-state index contributed by atoms with van der Waals surface area (Å²) >= 11 is 3.87. The number of rotatable bonds is 2. The smallest absolute Gasteiger partial charge is 0.252 e. The Kier molecular flexibility index (Phi) is 4.47. The van der Waals surface area contributed by atoms with Gasteiger partial charge in [0.2, 0.25) is 0 Å². The Labute approximate surface area is 120 Å². The van der Waals surface area contributed by atoms with E-state index in [-0.39, 0.29) is 5.91 Å². The second-order valence-electron chi connectivity index (χ2n) is 4.99. The minimum Gasteiger partial charge on any atom is -0.349 e. The third kappa shape index (κ3) is 3.22.